The molecule has 4 nitrogen and oxygen atoms in total. The maximum absolute atomic E-state index is 12.0. The molecule has 0 aliphatic carbocycles. The van der Waals surface area contributed by atoms with E-state index in [2.05, 4.69) is 5.32 Å². The van der Waals surface area contributed by atoms with Crippen molar-refractivity contribution in [3.05, 3.63) is 29.3 Å². The Kier molecular flexibility index (Phi) is 5.36. The van der Waals surface area contributed by atoms with Crippen LogP contribution in [0.25, 0.3) is 0 Å². The molecule has 1 aromatic rings. The quantitative estimate of drug-likeness (QED) is 0.785. The van der Waals surface area contributed by atoms with Gasteiger partial charge in [-0.1, -0.05) is 18.6 Å². The summed E-state index contributed by atoms with van der Waals surface area (Å²) in [6, 6.07) is 5.41. The van der Waals surface area contributed by atoms with Gasteiger partial charge in [-0.2, -0.15) is 0 Å². The van der Waals surface area contributed by atoms with Gasteiger partial charge in [0.1, 0.15) is 5.75 Å². The molecule has 0 bridgehead atoms. The number of ether oxygens (including phenoxy) is 1. The van der Waals surface area contributed by atoms with Crippen LogP contribution in [0.5, 0.6) is 5.75 Å². The SMILES string of the molecule is CCCC(=O)NCC(=O)c1cc(C)ccc1OC. The summed E-state index contributed by atoms with van der Waals surface area (Å²) >= 11 is 0. The van der Waals surface area contributed by atoms with Gasteiger partial charge in [0.15, 0.2) is 5.78 Å². The molecule has 0 spiro atoms. The van der Waals surface area contributed by atoms with Crippen molar-refractivity contribution >= 4 is 11.7 Å². The predicted octanol–water partition coefficient (Wildman–Crippen LogP) is 2.10. The molecule has 1 rings (SSSR count). The van der Waals surface area contributed by atoms with Crippen molar-refractivity contribution in [2.24, 2.45) is 0 Å². The van der Waals surface area contributed by atoms with Gasteiger partial charge in [-0.15, -0.1) is 0 Å². The second-order valence-electron chi connectivity index (χ2n) is 4.15. The van der Waals surface area contributed by atoms with Crippen LogP contribution in [0.1, 0.15) is 35.7 Å². The number of carbonyl (C=O) groups excluding carboxylic acids is 2. The number of amides is 1. The number of carbonyl (C=O) groups is 2. The average Bonchev–Trinajstić information content (AvgIpc) is 2.36. The number of hydrogen-bond donors (Lipinski definition) is 1. The fourth-order valence-electron chi connectivity index (χ4n) is 1.63. The minimum Gasteiger partial charge on any atom is -0.496 e. The number of methoxy groups -OCH3 is 1. The van der Waals surface area contributed by atoms with Gasteiger partial charge < -0.3 is 10.1 Å². The molecule has 1 N–H and O–H groups in total. The van der Waals surface area contributed by atoms with E-state index in [0.717, 1.165) is 12.0 Å². The molecule has 0 aliphatic rings. The fraction of sp³-hybridized carbons (Fsp3) is 0.429. The van der Waals surface area contributed by atoms with Gasteiger partial charge >= 0.3 is 0 Å². The molecule has 0 radical (unpaired) electrons. The molecular formula is C14H19NO3. The van der Waals surface area contributed by atoms with E-state index >= 15 is 0 Å². The van der Waals surface area contributed by atoms with Gasteiger partial charge in [0.05, 0.1) is 19.2 Å². The van der Waals surface area contributed by atoms with Gasteiger partial charge in [-0.05, 0) is 25.5 Å². The summed E-state index contributed by atoms with van der Waals surface area (Å²) in [5, 5.41) is 2.61. The Hall–Kier alpha value is -1.84. The highest BCUT2D eigenvalue weighted by Crippen LogP contribution is 2.19. The van der Waals surface area contributed by atoms with E-state index in [1.165, 1.54) is 7.11 Å². The number of Topliss-reactive ketones (excluding diaryl/α,β-unsaturated/α-hetero) is 1. The molecule has 1 aromatic carbocycles. The van der Waals surface area contributed by atoms with E-state index in [9.17, 15) is 9.59 Å². The molecule has 0 heterocycles. The molecule has 0 aliphatic heterocycles. The van der Waals surface area contributed by atoms with Crippen LogP contribution in [0.4, 0.5) is 0 Å². The Labute approximate surface area is 107 Å². The van der Waals surface area contributed by atoms with Gasteiger partial charge in [0.2, 0.25) is 5.91 Å². The van der Waals surface area contributed by atoms with Crippen LogP contribution >= 0.6 is 0 Å². The van der Waals surface area contributed by atoms with Crippen LogP contribution < -0.4 is 10.1 Å². The Morgan fingerprint density at radius 1 is 1.33 bits per heavy atom. The summed E-state index contributed by atoms with van der Waals surface area (Å²) in [5.74, 6) is 0.299. The zero-order valence-corrected chi connectivity index (χ0v) is 11.1. The Morgan fingerprint density at radius 2 is 2.06 bits per heavy atom. The molecule has 1 amide bonds. The van der Waals surface area contributed by atoms with Crippen LogP contribution in [0, 0.1) is 6.92 Å². The topological polar surface area (TPSA) is 55.4 Å². The van der Waals surface area contributed by atoms with Gasteiger partial charge in [-0.25, -0.2) is 0 Å². The van der Waals surface area contributed by atoms with Gasteiger partial charge in [0.25, 0.3) is 0 Å². The first-order valence-electron chi connectivity index (χ1n) is 6.03. The second kappa shape index (κ2) is 6.79. The molecule has 4 heteroatoms. The molecule has 0 fully saturated rings. The highest BCUT2D eigenvalue weighted by molar-refractivity contribution is 6.01. The number of rotatable bonds is 6. The first-order valence-corrected chi connectivity index (χ1v) is 6.03. The van der Waals surface area contributed by atoms with E-state index in [0.29, 0.717) is 17.7 Å². The lowest BCUT2D eigenvalue weighted by Crippen LogP contribution is -2.29. The summed E-state index contributed by atoms with van der Waals surface area (Å²) in [4.78, 5) is 23.3. The highest BCUT2D eigenvalue weighted by Gasteiger charge is 2.13. The third-order valence-electron chi connectivity index (χ3n) is 2.58. The number of hydrogen-bond acceptors (Lipinski definition) is 3. The van der Waals surface area contributed by atoms with Crippen molar-refractivity contribution in [2.45, 2.75) is 26.7 Å². The lowest BCUT2D eigenvalue weighted by Gasteiger charge is -2.09. The van der Waals surface area contributed by atoms with Crippen molar-refractivity contribution in [3.63, 3.8) is 0 Å². The molecule has 98 valence electrons. The third kappa shape index (κ3) is 3.87. The lowest BCUT2D eigenvalue weighted by molar-refractivity contribution is -0.120. The first kappa shape index (κ1) is 14.2. The number of benzene rings is 1. The second-order valence-corrected chi connectivity index (χ2v) is 4.15. The van der Waals surface area contributed by atoms with E-state index in [-0.39, 0.29) is 18.2 Å². The fourth-order valence-corrected chi connectivity index (χ4v) is 1.63. The molecule has 0 saturated carbocycles. The van der Waals surface area contributed by atoms with Crippen molar-refractivity contribution in [1.82, 2.24) is 5.32 Å². The average molecular weight is 249 g/mol. The van der Waals surface area contributed by atoms with Crippen molar-refractivity contribution in [1.29, 1.82) is 0 Å². The van der Waals surface area contributed by atoms with Crippen LogP contribution in [0.2, 0.25) is 0 Å². The monoisotopic (exact) mass is 249 g/mol. The van der Waals surface area contributed by atoms with Crippen molar-refractivity contribution in [2.75, 3.05) is 13.7 Å². The Morgan fingerprint density at radius 3 is 2.67 bits per heavy atom. The van der Waals surface area contributed by atoms with Gasteiger partial charge in [-0.3, -0.25) is 9.59 Å². The number of ketones is 1. The Bertz CT molecular complexity index is 441. The van der Waals surface area contributed by atoms with Crippen molar-refractivity contribution in [3.8, 4) is 5.75 Å². The minimum atomic E-state index is -0.139. The normalized spacial score (nSPS) is 9.94. The maximum atomic E-state index is 12.0. The molecule has 0 aromatic heterocycles. The molecule has 0 unspecified atom stereocenters. The van der Waals surface area contributed by atoms with E-state index in [1.807, 2.05) is 19.9 Å². The molecule has 18 heavy (non-hydrogen) atoms. The highest BCUT2D eigenvalue weighted by atomic mass is 16.5. The van der Waals surface area contributed by atoms with E-state index in [1.54, 1.807) is 12.1 Å². The summed E-state index contributed by atoms with van der Waals surface area (Å²) in [5.41, 5.74) is 1.49. The van der Waals surface area contributed by atoms with Gasteiger partial charge in [0, 0.05) is 6.42 Å². The largest absolute Gasteiger partial charge is 0.496 e. The van der Waals surface area contributed by atoms with E-state index < -0.39 is 0 Å². The minimum absolute atomic E-state index is 0.0125. The van der Waals surface area contributed by atoms with Crippen molar-refractivity contribution < 1.29 is 14.3 Å². The van der Waals surface area contributed by atoms with Crippen LogP contribution in [0.15, 0.2) is 18.2 Å². The Balaban J connectivity index is 2.71. The summed E-state index contributed by atoms with van der Waals surface area (Å²) in [7, 11) is 1.52. The molecular weight excluding hydrogens is 230 g/mol. The molecule has 0 atom stereocenters. The number of aryl methyl sites for hydroxylation is 1. The summed E-state index contributed by atoms with van der Waals surface area (Å²) in [6.45, 7) is 3.84. The number of nitrogens with one attached hydrogen (secondary N) is 1. The summed E-state index contributed by atoms with van der Waals surface area (Å²) in [6.07, 6.45) is 1.21. The lowest BCUT2D eigenvalue weighted by atomic mass is 10.1. The van der Waals surface area contributed by atoms with Crippen LogP contribution in [0.3, 0.4) is 0 Å². The van der Waals surface area contributed by atoms with Crippen LogP contribution in [-0.2, 0) is 4.79 Å². The smallest absolute Gasteiger partial charge is 0.220 e. The zero-order valence-electron chi connectivity index (χ0n) is 11.1. The summed E-state index contributed by atoms with van der Waals surface area (Å²) < 4.78 is 5.14. The zero-order chi connectivity index (χ0) is 13.5. The van der Waals surface area contributed by atoms with Crippen LogP contribution in [-0.4, -0.2) is 25.3 Å². The first-order chi connectivity index (χ1) is 8.58. The standard InChI is InChI=1S/C14H19NO3/c1-4-5-14(17)15-9-12(16)11-8-10(2)6-7-13(11)18-3/h6-8H,4-5,9H2,1-3H3,(H,15,17). The molecule has 0 saturated heterocycles. The third-order valence-corrected chi connectivity index (χ3v) is 2.58. The maximum Gasteiger partial charge on any atom is 0.220 e. The predicted molar refractivity (Wildman–Crippen MR) is 70.0 cm³/mol. The van der Waals surface area contributed by atoms with E-state index in [4.69, 9.17) is 4.74 Å².